The average molecular weight is 338 g/mol. The minimum atomic E-state index is -1.30. The monoisotopic (exact) mass is 338 g/mol. The highest BCUT2D eigenvalue weighted by molar-refractivity contribution is 6.04. The van der Waals surface area contributed by atoms with Crippen LogP contribution in [0.1, 0.15) is 77.0 Å². The van der Waals surface area contributed by atoms with Gasteiger partial charge in [0.15, 0.2) is 0 Å². The van der Waals surface area contributed by atoms with Crippen LogP contribution in [-0.2, 0) is 19.2 Å². The van der Waals surface area contributed by atoms with Crippen molar-refractivity contribution in [1.82, 2.24) is 0 Å². The van der Waals surface area contributed by atoms with Crippen molar-refractivity contribution in [3.8, 4) is 0 Å². The molecular weight excluding hydrogens is 312 g/mol. The number of carbonyl (C=O) groups is 4. The average Bonchev–Trinajstić information content (AvgIpc) is 2.54. The summed E-state index contributed by atoms with van der Waals surface area (Å²) in [7, 11) is 0. The Morgan fingerprint density at radius 3 is 1.42 bits per heavy atom. The van der Waals surface area contributed by atoms with Gasteiger partial charge in [-0.1, -0.05) is 25.7 Å². The molecule has 24 heavy (non-hydrogen) atoms. The number of unbranched alkanes of at least 4 members (excludes halogenated alkanes) is 1. The maximum atomic E-state index is 12.1. The van der Waals surface area contributed by atoms with Gasteiger partial charge < -0.3 is 10.2 Å². The van der Waals surface area contributed by atoms with Crippen LogP contribution in [0, 0.1) is 10.8 Å². The van der Waals surface area contributed by atoms with E-state index in [0.29, 0.717) is 38.5 Å². The highest BCUT2D eigenvalue weighted by atomic mass is 16.4. The van der Waals surface area contributed by atoms with Crippen LogP contribution in [0.25, 0.3) is 0 Å². The molecule has 2 aliphatic carbocycles. The molecule has 0 aromatic carbocycles. The van der Waals surface area contributed by atoms with E-state index in [9.17, 15) is 29.4 Å². The lowest BCUT2D eigenvalue weighted by Crippen LogP contribution is -2.42. The first-order chi connectivity index (χ1) is 11.3. The molecule has 2 atom stereocenters. The van der Waals surface area contributed by atoms with E-state index in [1.165, 1.54) is 0 Å². The molecule has 0 spiro atoms. The van der Waals surface area contributed by atoms with Crippen LogP contribution in [0.3, 0.4) is 0 Å². The van der Waals surface area contributed by atoms with Crippen molar-refractivity contribution in [2.24, 2.45) is 10.8 Å². The number of carboxylic acid groups (broad SMARTS) is 2. The Morgan fingerprint density at radius 1 is 0.750 bits per heavy atom. The van der Waals surface area contributed by atoms with Crippen molar-refractivity contribution in [3.05, 3.63) is 0 Å². The van der Waals surface area contributed by atoms with Crippen molar-refractivity contribution in [3.63, 3.8) is 0 Å². The van der Waals surface area contributed by atoms with Gasteiger partial charge in [-0.05, 0) is 38.5 Å². The van der Waals surface area contributed by atoms with Crippen molar-refractivity contribution < 1.29 is 29.4 Å². The molecule has 6 nitrogen and oxygen atoms in total. The largest absolute Gasteiger partial charge is 0.480 e. The molecule has 2 unspecified atom stereocenters. The molecule has 2 N–H and O–H groups in total. The molecule has 134 valence electrons. The van der Waals surface area contributed by atoms with E-state index in [-0.39, 0.29) is 24.4 Å². The molecule has 6 heteroatoms. The number of rotatable bonds is 7. The van der Waals surface area contributed by atoms with Crippen LogP contribution in [0.4, 0.5) is 0 Å². The maximum absolute atomic E-state index is 12.1. The van der Waals surface area contributed by atoms with Gasteiger partial charge >= 0.3 is 11.9 Å². The van der Waals surface area contributed by atoms with E-state index < -0.39 is 22.8 Å². The van der Waals surface area contributed by atoms with E-state index in [0.717, 1.165) is 25.7 Å². The Balaban J connectivity index is 1.97. The molecule has 0 aromatic heterocycles. The summed E-state index contributed by atoms with van der Waals surface area (Å²) in [5.41, 5.74) is -2.60. The zero-order chi connectivity index (χ0) is 17.8. The van der Waals surface area contributed by atoms with Crippen LogP contribution >= 0.6 is 0 Å². The second kappa shape index (κ2) is 7.45. The van der Waals surface area contributed by atoms with Crippen molar-refractivity contribution in [2.45, 2.75) is 77.0 Å². The Bertz CT molecular complexity index is 492. The number of carboxylic acids is 2. The number of carbonyl (C=O) groups excluding carboxylic acids is 2. The van der Waals surface area contributed by atoms with E-state index in [1.54, 1.807) is 0 Å². The van der Waals surface area contributed by atoms with Crippen molar-refractivity contribution >= 4 is 23.5 Å². The zero-order valence-corrected chi connectivity index (χ0v) is 14.0. The standard InChI is InChI=1S/C18H26O6/c19-13-7-1-3-9-17(13,15(21)22)11-5-6-12-18(16(23)24)10-4-2-8-14(18)20/h1-12H2,(H,21,22)(H,23,24). The first kappa shape index (κ1) is 18.6. The number of hydrogen-bond acceptors (Lipinski definition) is 4. The van der Waals surface area contributed by atoms with E-state index in [2.05, 4.69) is 0 Å². The quantitative estimate of drug-likeness (QED) is 0.545. The van der Waals surface area contributed by atoms with Gasteiger partial charge in [0.05, 0.1) is 0 Å². The lowest BCUT2D eigenvalue weighted by atomic mass is 9.67. The molecule has 0 amide bonds. The normalized spacial score (nSPS) is 31.0. The van der Waals surface area contributed by atoms with Gasteiger partial charge in [-0.3, -0.25) is 19.2 Å². The third-order valence-corrected chi connectivity index (χ3v) is 5.86. The Kier molecular flexibility index (Phi) is 5.78. The molecule has 2 saturated carbocycles. The van der Waals surface area contributed by atoms with Crippen LogP contribution in [0.2, 0.25) is 0 Å². The smallest absolute Gasteiger partial charge is 0.317 e. The van der Waals surface area contributed by atoms with Crippen LogP contribution < -0.4 is 0 Å². The lowest BCUT2D eigenvalue weighted by molar-refractivity contribution is -0.160. The van der Waals surface area contributed by atoms with Crippen molar-refractivity contribution in [2.75, 3.05) is 0 Å². The van der Waals surface area contributed by atoms with Crippen LogP contribution in [0.5, 0.6) is 0 Å². The molecule has 2 aliphatic rings. The molecule has 0 radical (unpaired) electrons. The third kappa shape index (κ3) is 3.37. The topological polar surface area (TPSA) is 109 Å². The van der Waals surface area contributed by atoms with E-state index in [1.807, 2.05) is 0 Å². The summed E-state index contributed by atoms with van der Waals surface area (Å²) in [6.45, 7) is 0. The number of hydrogen-bond donors (Lipinski definition) is 2. The van der Waals surface area contributed by atoms with Gasteiger partial charge in [-0.2, -0.15) is 0 Å². The maximum Gasteiger partial charge on any atom is 0.317 e. The molecule has 2 rings (SSSR count). The van der Waals surface area contributed by atoms with Crippen molar-refractivity contribution in [1.29, 1.82) is 0 Å². The molecule has 2 fully saturated rings. The number of Topliss-reactive ketones (excluding diaryl/α,β-unsaturated/α-hetero) is 2. The van der Waals surface area contributed by atoms with Gasteiger partial charge in [0, 0.05) is 12.8 Å². The summed E-state index contributed by atoms with van der Waals surface area (Å²) in [6.07, 6.45) is 5.69. The Hall–Kier alpha value is -1.72. The highest BCUT2D eigenvalue weighted by Gasteiger charge is 2.48. The molecule has 0 heterocycles. The summed E-state index contributed by atoms with van der Waals surface area (Å²) in [5.74, 6) is -2.53. The minimum absolute atomic E-state index is 0.206. The molecular formula is C18H26O6. The molecule has 0 aromatic rings. The predicted octanol–water partition coefficient (Wildman–Crippen LogP) is 2.98. The second-order valence-corrected chi connectivity index (χ2v) is 7.24. The molecule has 0 aliphatic heterocycles. The van der Waals surface area contributed by atoms with Gasteiger partial charge in [0.25, 0.3) is 0 Å². The number of aliphatic carboxylic acids is 2. The fourth-order valence-electron chi connectivity index (χ4n) is 4.23. The lowest BCUT2D eigenvalue weighted by Gasteiger charge is -2.33. The first-order valence-corrected chi connectivity index (χ1v) is 8.89. The van der Waals surface area contributed by atoms with Gasteiger partial charge in [0.2, 0.25) is 0 Å². The Labute approximate surface area is 141 Å². The summed E-state index contributed by atoms with van der Waals surface area (Å²) in [6, 6.07) is 0. The van der Waals surface area contributed by atoms with E-state index in [4.69, 9.17) is 0 Å². The van der Waals surface area contributed by atoms with Gasteiger partial charge in [-0.25, -0.2) is 0 Å². The fourth-order valence-corrected chi connectivity index (χ4v) is 4.23. The number of ketones is 2. The molecule has 0 saturated heterocycles. The zero-order valence-electron chi connectivity index (χ0n) is 14.0. The summed E-state index contributed by atoms with van der Waals surface area (Å²) < 4.78 is 0. The van der Waals surface area contributed by atoms with Crippen LogP contribution in [0.15, 0.2) is 0 Å². The predicted molar refractivity (Wildman–Crippen MR) is 85.6 cm³/mol. The summed E-state index contributed by atoms with van der Waals surface area (Å²) in [4.78, 5) is 47.6. The SMILES string of the molecule is O=C(O)C1(CCCCC2(C(=O)O)CCCCC2=O)CCCCC1=O. The molecule has 0 bridgehead atoms. The van der Waals surface area contributed by atoms with E-state index >= 15 is 0 Å². The fraction of sp³-hybridized carbons (Fsp3) is 0.778. The van der Waals surface area contributed by atoms with Gasteiger partial charge in [0.1, 0.15) is 22.4 Å². The first-order valence-electron chi connectivity index (χ1n) is 8.89. The highest BCUT2D eigenvalue weighted by Crippen LogP contribution is 2.41. The Morgan fingerprint density at radius 2 is 1.12 bits per heavy atom. The summed E-state index contributed by atoms with van der Waals surface area (Å²) >= 11 is 0. The second-order valence-electron chi connectivity index (χ2n) is 7.24. The van der Waals surface area contributed by atoms with Crippen LogP contribution in [-0.4, -0.2) is 33.7 Å². The minimum Gasteiger partial charge on any atom is -0.480 e. The summed E-state index contributed by atoms with van der Waals surface area (Å²) in [5, 5.41) is 19.0. The van der Waals surface area contributed by atoms with Gasteiger partial charge in [-0.15, -0.1) is 0 Å². The third-order valence-electron chi connectivity index (χ3n) is 5.86.